The van der Waals surface area contributed by atoms with Crippen LogP contribution in [0.3, 0.4) is 0 Å². The highest BCUT2D eigenvalue weighted by atomic mass is 16.5. The van der Waals surface area contributed by atoms with Gasteiger partial charge in [0, 0.05) is 18.7 Å². The van der Waals surface area contributed by atoms with E-state index in [1.54, 1.807) is 25.3 Å². The number of nitrogens with zero attached hydrogens (tertiary/aromatic N) is 2. The van der Waals surface area contributed by atoms with Gasteiger partial charge in [-0.15, -0.1) is 0 Å². The van der Waals surface area contributed by atoms with E-state index in [4.69, 9.17) is 20.5 Å². The van der Waals surface area contributed by atoms with Gasteiger partial charge in [0.25, 0.3) is 0 Å². The van der Waals surface area contributed by atoms with Crippen LogP contribution in [0.1, 0.15) is 18.1 Å². The third kappa shape index (κ3) is 3.32. The number of rotatable bonds is 4. The smallest absolute Gasteiger partial charge is 0.237 e. The van der Waals surface area contributed by atoms with E-state index in [0.29, 0.717) is 31.0 Å². The van der Waals surface area contributed by atoms with Gasteiger partial charge in [-0.1, -0.05) is 0 Å². The second kappa shape index (κ2) is 6.57. The van der Waals surface area contributed by atoms with E-state index in [-0.39, 0.29) is 6.10 Å². The van der Waals surface area contributed by atoms with E-state index in [9.17, 15) is 4.79 Å². The summed E-state index contributed by atoms with van der Waals surface area (Å²) in [4.78, 5) is 13.6. The number of nitriles is 1. The third-order valence-electron chi connectivity index (χ3n) is 3.67. The minimum absolute atomic E-state index is 0.249. The van der Waals surface area contributed by atoms with Gasteiger partial charge in [-0.3, -0.25) is 9.69 Å². The van der Waals surface area contributed by atoms with Crippen LogP contribution in [0.4, 0.5) is 0 Å². The van der Waals surface area contributed by atoms with Crippen LogP contribution >= 0.6 is 0 Å². The number of primary amides is 1. The molecule has 0 radical (unpaired) electrons. The van der Waals surface area contributed by atoms with Crippen molar-refractivity contribution in [2.45, 2.75) is 25.6 Å². The molecule has 21 heavy (non-hydrogen) atoms. The zero-order valence-electron chi connectivity index (χ0n) is 12.2. The number of morpholine rings is 1. The third-order valence-corrected chi connectivity index (χ3v) is 3.67. The number of carbonyl (C=O) groups excluding carboxylic acids is 1. The van der Waals surface area contributed by atoms with Crippen LogP contribution in [-0.4, -0.2) is 43.2 Å². The van der Waals surface area contributed by atoms with Gasteiger partial charge in [0.05, 0.1) is 31.5 Å². The molecule has 0 saturated carbocycles. The van der Waals surface area contributed by atoms with Crippen molar-refractivity contribution in [3.8, 4) is 11.8 Å². The highest BCUT2D eigenvalue weighted by molar-refractivity contribution is 5.80. The monoisotopic (exact) mass is 289 g/mol. The molecule has 0 unspecified atom stereocenters. The van der Waals surface area contributed by atoms with E-state index >= 15 is 0 Å². The summed E-state index contributed by atoms with van der Waals surface area (Å²) in [5.41, 5.74) is 6.90. The molecule has 1 aliphatic rings. The van der Waals surface area contributed by atoms with Crippen LogP contribution in [-0.2, 0) is 16.1 Å². The number of nitrogens with two attached hydrogens (primary N) is 1. The Morgan fingerprint density at radius 3 is 3.00 bits per heavy atom. The van der Waals surface area contributed by atoms with Gasteiger partial charge in [-0.2, -0.15) is 5.26 Å². The molecule has 6 heteroatoms. The average Bonchev–Trinajstić information content (AvgIpc) is 2.46. The van der Waals surface area contributed by atoms with Crippen molar-refractivity contribution in [1.82, 2.24) is 4.90 Å². The first-order valence-corrected chi connectivity index (χ1v) is 6.78. The molecule has 1 aromatic rings. The molecule has 2 rings (SSSR count). The minimum Gasteiger partial charge on any atom is -0.496 e. The van der Waals surface area contributed by atoms with E-state index in [1.807, 2.05) is 11.8 Å². The number of amides is 1. The molecular weight excluding hydrogens is 270 g/mol. The molecule has 0 spiro atoms. The normalized spacial score (nSPS) is 22.5. The van der Waals surface area contributed by atoms with Gasteiger partial charge in [-0.05, 0) is 25.1 Å². The van der Waals surface area contributed by atoms with Gasteiger partial charge in [-0.25, -0.2) is 0 Å². The molecule has 1 fully saturated rings. The quantitative estimate of drug-likeness (QED) is 0.878. The summed E-state index contributed by atoms with van der Waals surface area (Å²) >= 11 is 0. The fourth-order valence-corrected chi connectivity index (χ4v) is 2.66. The first-order chi connectivity index (χ1) is 10.1. The van der Waals surface area contributed by atoms with Gasteiger partial charge in [0.2, 0.25) is 5.91 Å². The van der Waals surface area contributed by atoms with Crippen LogP contribution < -0.4 is 10.5 Å². The Labute approximate surface area is 124 Å². The summed E-state index contributed by atoms with van der Waals surface area (Å²) < 4.78 is 10.8. The Morgan fingerprint density at radius 1 is 1.62 bits per heavy atom. The molecule has 0 aromatic heterocycles. The second-order valence-corrected chi connectivity index (χ2v) is 5.03. The van der Waals surface area contributed by atoms with Crippen molar-refractivity contribution in [2.24, 2.45) is 5.73 Å². The lowest BCUT2D eigenvalue weighted by Crippen LogP contribution is -2.56. The highest BCUT2D eigenvalue weighted by Crippen LogP contribution is 2.24. The van der Waals surface area contributed by atoms with Crippen molar-refractivity contribution >= 4 is 5.91 Å². The maximum absolute atomic E-state index is 11.7. The second-order valence-electron chi connectivity index (χ2n) is 5.03. The molecule has 1 saturated heterocycles. The summed E-state index contributed by atoms with van der Waals surface area (Å²) in [6.45, 7) is 3.48. The molecule has 6 nitrogen and oxygen atoms in total. The van der Waals surface area contributed by atoms with Crippen LogP contribution in [0.2, 0.25) is 0 Å². The van der Waals surface area contributed by atoms with Gasteiger partial charge >= 0.3 is 0 Å². The summed E-state index contributed by atoms with van der Waals surface area (Å²) in [7, 11) is 1.58. The fraction of sp³-hybridized carbons (Fsp3) is 0.467. The number of methoxy groups -OCH3 is 1. The van der Waals surface area contributed by atoms with Gasteiger partial charge in [0.1, 0.15) is 11.8 Å². The summed E-state index contributed by atoms with van der Waals surface area (Å²) in [5, 5.41) is 9.02. The van der Waals surface area contributed by atoms with Crippen LogP contribution in [0.25, 0.3) is 0 Å². The number of carbonyl (C=O) groups is 1. The number of hydrogen-bond acceptors (Lipinski definition) is 5. The SMILES string of the molecule is COc1ccc(C#N)cc1CN1CCO[C@H](C)[C@H]1C(N)=O. The molecule has 0 aliphatic carbocycles. The van der Waals surface area contributed by atoms with Crippen molar-refractivity contribution in [1.29, 1.82) is 5.26 Å². The summed E-state index contributed by atoms with van der Waals surface area (Å²) in [6, 6.07) is 6.87. The van der Waals surface area contributed by atoms with Crippen molar-refractivity contribution in [2.75, 3.05) is 20.3 Å². The lowest BCUT2D eigenvalue weighted by molar-refractivity contribution is -0.136. The lowest BCUT2D eigenvalue weighted by Gasteiger charge is -2.38. The molecule has 2 atom stereocenters. The highest BCUT2D eigenvalue weighted by Gasteiger charge is 2.34. The molecular formula is C15H19N3O3. The molecule has 1 heterocycles. The molecule has 0 bridgehead atoms. The molecule has 1 amide bonds. The van der Waals surface area contributed by atoms with Gasteiger partial charge < -0.3 is 15.2 Å². The van der Waals surface area contributed by atoms with E-state index in [2.05, 4.69) is 6.07 Å². The largest absolute Gasteiger partial charge is 0.496 e. The fourth-order valence-electron chi connectivity index (χ4n) is 2.66. The molecule has 2 N–H and O–H groups in total. The van der Waals surface area contributed by atoms with Crippen molar-refractivity contribution in [3.63, 3.8) is 0 Å². The Kier molecular flexibility index (Phi) is 4.78. The van der Waals surface area contributed by atoms with Crippen LogP contribution in [0.5, 0.6) is 5.75 Å². The number of benzene rings is 1. The Hall–Kier alpha value is -2.10. The minimum atomic E-state index is -0.478. The lowest BCUT2D eigenvalue weighted by atomic mass is 10.0. The standard InChI is InChI=1S/C15H19N3O3/c1-10-14(15(17)19)18(5-6-21-10)9-12-7-11(8-16)3-4-13(12)20-2/h3-4,7,10,14H,5-6,9H2,1-2H3,(H2,17,19)/t10-,14+/m1/s1. The van der Waals surface area contributed by atoms with Crippen molar-refractivity contribution in [3.05, 3.63) is 29.3 Å². The maximum atomic E-state index is 11.7. The number of hydrogen-bond donors (Lipinski definition) is 1. The average molecular weight is 289 g/mol. The number of ether oxygens (including phenoxy) is 2. The zero-order valence-corrected chi connectivity index (χ0v) is 12.2. The predicted octanol–water partition coefficient (Wildman–Crippen LogP) is 0.641. The predicted molar refractivity (Wildman–Crippen MR) is 76.5 cm³/mol. The topological polar surface area (TPSA) is 88.6 Å². The Morgan fingerprint density at radius 2 is 2.38 bits per heavy atom. The van der Waals surface area contributed by atoms with Crippen molar-refractivity contribution < 1.29 is 14.3 Å². The van der Waals surface area contributed by atoms with E-state index in [0.717, 1.165) is 5.56 Å². The molecule has 1 aliphatic heterocycles. The summed E-state index contributed by atoms with van der Waals surface area (Å²) in [5.74, 6) is 0.286. The molecule has 1 aromatic carbocycles. The first-order valence-electron chi connectivity index (χ1n) is 6.78. The zero-order chi connectivity index (χ0) is 15.4. The van der Waals surface area contributed by atoms with E-state index in [1.165, 1.54) is 0 Å². The van der Waals surface area contributed by atoms with Crippen LogP contribution in [0.15, 0.2) is 18.2 Å². The summed E-state index contributed by atoms with van der Waals surface area (Å²) in [6.07, 6.45) is -0.249. The Bertz CT molecular complexity index is 568. The Balaban J connectivity index is 2.27. The van der Waals surface area contributed by atoms with E-state index < -0.39 is 11.9 Å². The first kappa shape index (κ1) is 15.3. The maximum Gasteiger partial charge on any atom is 0.237 e. The van der Waals surface area contributed by atoms with Gasteiger partial charge in [0.15, 0.2) is 0 Å². The molecule has 112 valence electrons. The van der Waals surface area contributed by atoms with Crippen LogP contribution in [0, 0.1) is 11.3 Å².